The van der Waals surface area contributed by atoms with Gasteiger partial charge in [0.05, 0.1) is 11.9 Å². The lowest BCUT2D eigenvalue weighted by Gasteiger charge is -2.08. The van der Waals surface area contributed by atoms with E-state index in [0.717, 1.165) is 0 Å². The summed E-state index contributed by atoms with van der Waals surface area (Å²) < 4.78 is 26.7. The second-order valence-corrected chi connectivity index (χ2v) is 4.64. The highest BCUT2D eigenvalue weighted by atomic mass is 35.5. The van der Waals surface area contributed by atoms with Crippen LogP contribution in [0.5, 0.6) is 0 Å². The summed E-state index contributed by atoms with van der Waals surface area (Å²) in [7, 11) is -2.17. The largest absolute Gasteiger partial charge is 0.298 e. The van der Waals surface area contributed by atoms with Crippen molar-refractivity contribution in [3.63, 3.8) is 0 Å². The van der Waals surface area contributed by atoms with Gasteiger partial charge in [-0.25, -0.2) is 9.71 Å². The van der Waals surface area contributed by atoms with Crippen LogP contribution in [0.4, 0.5) is 5.69 Å². The van der Waals surface area contributed by atoms with Crippen molar-refractivity contribution in [2.24, 2.45) is 0 Å². The minimum atomic E-state index is -3.49. The summed E-state index contributed by atoms with van der Waals surface area (Å²) in [4.78, 5) is 3.77. The van der Waals surface area contributed by atoms with Gasteiger partial charge in [0.15, 0.2) is 0 Å². The van der Waals surface area contributed by atoms with Crippen LogP contribution in [0.1, 0.15) is 5.56 Å². The zero-order valence-electron chi connectivity index (χ0n) is 7.70. The molecule has 0 bridgehead atoms. The van der Waals surface area contributed by atoms with Crippen molar-refractivity contribution < 1.29 is 8.42 Å². The maximum Gasteiger partial charge on any atom is 0.298 e. The van der Waals surface area contributed by atoms with Crippen LogP contribution in [0.15, 0.2) is 12.3 Å². The molecule has 5 nitrogen and oxygen atoms in total. The van der Waals surface area contributed by atoms with Crippen LogP contribution < -0.4 is 9.44 Å². The molecule has 0 spiro atoms. The monoisotopic (exact) mass is 235 g/mol. The topological polar surface area (TPSA) is 71.1 Å². The van der Waals surface area contributed by atoms with Crippen LogP contribution in [0.3, 0.4) is 0 Å². The van der Waals surface area contributed by atoms with Crippen LogP contribution in [-0.4, -0.2) is 20.4 Å². The highest BCUT2D eigenvalue weighted by Crippen LogP contribution is 2.17. The highest BCUT2D eigenvalue weighted by Gasteiger charge is 2.08. The van der Waals surface area contributed by atoms with Gasteiger partial charge in [-0.05, 0) is 18.6 Å². The molecule has 0 radical (unpaired) electrons. The fourth-order valence-electron chi connectivity index (χ4n) is 0.824. The third-order valence-electron chi connectivity index (χ3n) is 1.59. The van der Waals surface area contributed by atoms with Crippen molar-refractivity contribution in [2.45, 2.75) is 6.92 Å². The van der Waals surface area contributed by atoms with Crippen molar-refractivity contribution in [1.29, 1.82) is 0 Å². The Hall–Kier alpha value is -0.850. The first-order chi connectivity index (χ1) is 6.44. The van der Waals surface area contributed by atoms with Crippen molar-refractivity contribution in [3.05, 3.63) is 23.0 Å². The number of nitrogens with one attached hydrogen (secondary N) is 2. The summed E-state index contributed by atoms with van der Waals surface area (Å²) >= 11 is 5.62. The molecule has 0 aliphatic carbocycles. The molecule has 0 aliphatic rings. The first-order valence-electron chi connectivity index (χ1n) is 3.78. The van der Waals surface area contributed by atoms with E-state index in [4.69, 9.17) is 11.6 Å². The maximum absolute atomic E-state index is 11.1. The number of rotatable bonds is 3. The molecule has 0 fully saturated rings. The first kappa shape index (κ1) is 11.2. The average molecular weight is 236 g/mol. The molecule has 1 rings (SSSR count). The van der Waals surface area contributed by atoms with Gasteiger partial charge in [-0.2, -0.15) is 8.42 Å². The molecule has 0 aromatic carbocycles. The smallest absolute Gasteiger partial charge is 0.269 e. The molecule has 1 heterocycles. The van der Waals surface area contributed by atoms with Gasteiger partial charge >= 0.3 is 0 Å². The molecule has 7 heteroatoms. The van der Waals surface area contributed by atoms with Gasteiger partial charge in [0.1, 0.15) is 5.15 Å². The van der Waals surface area contributed by atoms with Crippen molar-refractivity contribution in [2.75, 3.05) is 11.8 Å². The third kappa shape index (κ3) is 2.83. The number of pyridine rings is 1. The number of aromatic nitrogens is 1. The van der Waals surface area contributed by atoms with Crippen molar-refractivity contribution >= 4 is 27.5 Å². The summed E-state index contributed by atoms with van der Waals surface area (Å²) in [6.07, 6.45) is 1.37. The van der Waals surface area contributed by atoms with E-state index in [1.54, 1.807) is 13.0 Å². The number of halogens is 1. The van der Waals surface area contributed by atoms with E-state index in [-0.39, 0.29) is 0 Å². The lowest BCUT2D eigenvalue weighted by Crippen LogP contribution is -2.26. The molecule has 2 N–H and O–H groups in total. The van der Waals surface area contributed by atoms with Crippen LogP contribution in [0, 0.1) is 6.92 Å². The molecule has 78 valence electrons. The quantitative estimate of drug-likeness (QED) is 0.766. The van der Waals surface area contributed by atoms with E-state index in [2.05, 4.69) is 14.4 Å². The summed E-state index contributed by atoms with van der Waals surface area (Å²) in [5.74, 6) is 0. The van der Waals surface area contributed by atoms with Gasteiger partial charge in [0.2, 0.25) is 0 Å². The van der Waals surface area contributed by atoms with Crippen LogP contribution in [0.2, 0.25) is 5.15 Å². The molecule has 1 aromatic rings. The Kier molecular flexibility index (Phi) is 3.30. The second-order valence-electron chi connectivity index (χ2n) is 2.63. The average Bonchev–Trinajstić information content (AvgIpc) is 2.10. The van der Waals surface area contributed by atoms with Crippen molar-refractivity contribution in [1.82, 2.24) is 9.71 Å². The lowest BCUT2D eigenvalue weighted by molar-refractivity contribution is 0.593. The van der Waals surface area contributed by atoms with Gasteiger partial charge < -0.3 is 0 Å². The SMILES string of the molecule is CNS(=O)(=O)Nc1cnc(Cl)cc1C. The Bertz CT molecular complexity index is 433. The van der Waals surface area contributed by atoms with Gasteiger partial charge in [0.25, 0.3) is 10.2 Å². The Labute approximate surface area is 87.7 Å². The van der Waals surface area contributed by atoms with Gasteiger partial charge in [0, 0.05) is 7.05 Å². The fraction of sp³-hybridized carbons (Fsp3) is 0.286. The zero-order valence-corrected chi connectivity index (χ0v) is 9.28. The predicted molar refractivity (Wildman–Crippen MR) is 55.6 cm³/mol. The van der Waals surface area contributed by atoms with E-state index >= 15 is 0 Å². The Morgan fingerprint density at radius 1 is 1.50 bits per heavy atom. The van der Waals surface area contributed by atoms with E-state index in [9.17, 15) is 8.42 Å². The van der Waals surface area contributed by atoms with Crippen LogP contribution in [-0.2, 0) is 10.2 Å². The Balaban J connectivity index is 2.99. The number of aryl methyl sites for hydroxylation is 1. The Morgan fingerprint density at radius 2 is 2.14 bits per heavy atom. The summed E-state index contributed by atoms with van der Waals surface area (Å²) in [5, 5.41) is 0.329. The minimum absolute atomic E-state index is 0.329. The van der Waals surface area contributed by atoms with Crippen LogP contribution in [0.25, 0.3) is 0 Å². The number of nitrogens with zero attached hydrogens (tertiary/aromatic N) is 1. The second kappa shape index (κ2) is 4.12. The summed E-state index contributed by atoms with van der Waals surface area (Å²) in [6, 6.07) is 1.58. The highest BCUT2D eigenvalue weighted by molar-refractivity contribution is 7.90. The standard InChI is InChI=1S/C7H10ClN3O2S/c1-5-3-7(8)10-4-6(5)11-14(12,13)9-2/h3-4,9,11H,1-2H3. The van der Waals surface area contributed by atoms with E-state index < -0.39 is 10.2 Å². The first-order valence-corrected chi connectivity index (χ1v) is 5.64. The number of anilines is 1. The molecule has 14 heavy (non-hydrogen) atoms. The lowest BCUT2D eigenvalue weighted by atomic mass is 10.3. The summed E-state index contributed by atoms with van der Waals surface area (Å²) in [5.41, 5.74) is 1.12. The normalized spacial score (nSPS) is 11.4. The fourth-order valence-corrected chi connectivity index (χ4v) is 1.64. The van der Waals surface area contributed by atoms with E-state index in [1.807, 2.05) is 0 Å². The molecular formula is C7H10ClN3O2S. The predicted octanol–water partition coefficient (Wildman–Crippen LogP) is 0.920. The van der Waals surface area contributed by atoms with Crippen LogP contribution >= 0.6 is 11.6 Å². The van der Waals surface area contributed by atoms with Gasteiger partial charge in [-0.15, -0.1) is 0 Å². The molecule has 0 saturated heterocycles. The number of hydrogen-bond acceptors (Lipinski definition) is 3. The summed E-state index contributed by atoms with van der Waals surface area (Å²) in [6.45, 7) is 1.74. The van der Waals surface area contributed by atoms with E-state index in [0.29, 0.717) is 16.4 Å². The van der Waals surface area contributed by atoms with E-state index in [1.165, 1.54) is 13.2 Å². The van der Waals surface area contributed by atoms with Crippen molar-refractivity contribution in [3.8, 4) is 0 Å². The third-order valence-corrected chi connectivity index (χ3v) is 2.82. The van der Waals surface area contributed by atoms with Gasteiger partial charge in [-0.1, -0.05) is 11.6 Å². The maximum atomic E-state index is 11.1. The molecule has 0 aliphatic heterocycles. The molecular weight excluding hydrogens is 226 g/mol. The molecule has 0 unspecified atom stereocenters. The molecule has 0 saturated carbocycles. The molecule has 0 amide bonds. The Morgan fingerprint density at radius 3 is 2.64 bits per heavy atom. The molecule has 0 atom stereocenters. The minimum Gasteiger partial charge on any atom is -0.269 e. The van der Waals surface area contributed by atoms with Gasteiger partial charge in [-0.3, -0.25) is 4.72 Å². The zero-order chi connectivity index (χ0) is 10.8. The number of hydrogen-bond donors (Lipinski definition) is 2. The molecule has 1 aromatic heterocycles.